The van der Waals surface area contributed by atoms with Crippen LogP contribution in [0, 0.1) is 6.08 Å². The van der Waals surface area contributed by atoms with Crippen LogP contribution < -0.4 is 10.6 Å². The van der Waals surface area contributed by atoms with E-state index in [-0.39, 0.29) is 45.4 Å². The number of hydrogen-bond donors (Lipinski definition) is 2. The van der Waals surface area contributed by atoms with Gasteiger partial charge in [0.05, 0.1) is 0 Å². The molecule has 0 aromatic rings. The van der Waals surface area contributed by atoms with Crippen molar-refractivity contribution in [1.29, 1.82) is 0 Å². The van der Waals surface area contributed by atoms with Crippen molar-refractivity contribution in [3.63, 3.8) is 0 Å². The van der Waals surface area contributed by atoms with Gasteiger partial charge in [-0.1, -0.05) is 20.8 Å². The van der Waals surface area contributed by atoms with Crippen molar-refractivity contribution >= 4 is 17.7 Å². The Morgan fingerprint density at radius 3 is 2.28 bits per heavy atom. The Kier molecular flexibility index (Phi) is 18.1. The van der Waals surface area contributed by atoms with Crippen molar-refractivity contribution < 1.29 is 40.2 Å². The van der Waals surface area contributed by atoms with Crippen LogP contribution in [0.5, 0.6) is 0 Å². The van der Waals surface area contributed by atoms with E-state index in [1.54, 1.807) is 34.1 Å². The molecule has 1 aliphatic rings. The molecular weight excluding hydrogens is 492 g/mol. The molecule has 1 unspecified atom stereocenters. The molecule has 1 heterocycles. The number of rotatable bonds is 4. The minimum absolute atomic E-state index is 0. The summed E-state index contributed by atoms with van der Waals surface area (Å²) >= 11 is 0. The SMILES string of the molecule is C=C/C=C(\[C-]=CC)C(=O)NC1(C)CCC(=O)NC1=O.CC.COC.[W]. The van der Waals surface area contributed by atoms with Gasteiger partial charge in [0, 0.05) is 41.7 Å². The van der Waals surface area contributed by atoms with Gasteiger partial charge in [0.2, 0.25) is 5.91 Å². The summed E-state index contributed by atoms with van der Waals surface area (Å²) in [6.07, 6.45) is 7.82. The minimum atomic E-state index is -1.08. The molecule has 3 amide bonds. The van der Waals surface area contributed by atoms with Crippen molar-refractivity contribution in [3.8, 4) is 0 Å². The number of nitrogens with one attached hydrogen (secondary N) is 2. The van der Waals surface area contributed by atoms with E-state index >= 15 is 0 Å². The Hall–Kier alpha value is -1.52. The van der Waals surface area contributed by atoms with Gasteiger partial charge in [-0.15, -0.1) is 24.3 Å². The molecule has 1 fully saturated rings. The summed E-state index contributed by atoms with van der Waals surface area (Å²) in [6, 6.07) is 0. The summed E-state index contributed by atoms with van der Waals surface area (Å²) in [7, 11) is 3.25. The first-order valence-corrected chi connectivity index (χ1v) is 7.78. The van der Waals surface area contributed by atoms with Gasteiger partial charge in [0.25, 0.3) is 5.91 Å². The third-order valence-electron chi connectivity index (χ3n) is 2.82. The molecule has 1 saturated heterocycles. The molecule has 0 radical (unpaired) electrons. The molecule has 6 nitrogen and oxygen atoms in total. The second kappa shape index (κ2) is 16.0. The summed E-state index contributed by atoms with van der Waals surface area (Å²) in [5, 5.41) is 4.85. The Balaban J connectivity index is -0.000000726. The molecule has 0 aromatic heterocycles. The summed E-state index contributed by atoms with van der Waals surface area (Å²) in [4.78, 5) is 34.9. The van der Waals surface area contributed by atoms with Crippen molar-refractivity contribution in [2.75, 3.05) is 14.2 Å². The first kappa shape index (κ1) is 28.3. The largest absolute Gasteiger partial charge is 0.392 e. The maximum Gasteiger partial charge on any atom is 0.251 e. The van der Waals surface area contributed by atoms with Gasteiger partial charge < -0.3 is 14.8 Å². The van der Waals surface area contributed by atoms with Crippen LogP contribution in [0.4, 0.5) is 0 Å². The van der Waals surface area contributed by atoms with E-state index < -0.39 is 17.4 Å². The Bertz CT molecular complexity index is 501. The third kappa shape index (κ3) is 10.8. The summed E-state index contributed by atoms with van der Waals surface area (Å²) in [5.41, 5.74) is -0.802. The van der Waals surface area contributed by atoms with Crippen LogP contribution in [0.15, 0.2) is 30.4 Å². The van der Waals surface area contributed by atoms with E-state index in [0.717, 1.165) is 0 Å². The maximum atomic E-state index is 12.0. The molecule has 0 spiro atoms. The number of methoxy groups -OCH3 is 1. The van der Waals surface area contributed by atoms with Gasteiger partial charge in [-0.2, -0.15) is 12.2 Å². The molecular formula is C18H29N2O4W-. The number of imide groups is 1. The van der Waals surface area contributed by atoms with Gasteiger partial charge in [0.15, 0.2) is 0 Å². The molecule has 7 heteroatoms. The van der Waals surface area contributed by atoms with Crippen molar-refractivity contribution in [1.82, 2.24) is 10.6 Å². The van der Waals surface area contributed by atoms with E-state index in [0.29, 0.717) is 0 Å². The third-order valence-corrected chi connectivity index (χ3v) is 2.82. The van der Waals surface area contributed by atoms with Crippen LogP contribution in [0.1, 0.15) is 40.5 Å². The Morgan fingerprint density at radius 2 is 1.88 bits per heavy atom. The second-order valence-corrected chi connectivity index (χ2v) is 4.82. The minimum Gasteiger partial charge on any atom is -0.392 e. The first-order valence-electron chi connectivity index (χ1n) is 7.78. The van der Waals surface area contributed by atoms with E-state index in [1.165, 1.54) is 12.2 Å². The molecule has 1 rings (SSSR count). The standard InChI is InChI=1S/C14H17N2O3.C2H6O.C2H6.W/c1-4-6-10(7-5-2)12(18)16-14(3)9-8-11(17)15-13(14)19;1-3-2;1-2;/h4-6H,1,8-9H2,2-3H3,(H,16,18)(H,15,17,19);1-2H3;1-2H3;/q-1;;;/b10-6+;;;. The Morgan fingerprint density at radius 1 is 1.36 bits per heavy atom. The van der Waals surface area contributed by atoms with Crippen molar-refractivity contribution in [2.24, 2.45) is 0 Å². The van der Waals surface area contributed by atoms with Crippen LogP contribution in [-0.4, -0.2) is 37.5 Å². The van der Waals surface area contributed by atoms with E-state index in [1.807, 2.05) is 13.8 Å². The summed E-state index contributed by atoms with van der Waals surface area (Å²) in [5.74, 6) is -1.24. The summed E-state index contributed by atoms with van der Waals surface area (Å²) in [6.45, 7) is 10.8. The van der Waals surface area contributed by atoms with E-state index in [2.05, 4.69) is 28.0 Å². The first-order chi connectivity index (χ1) is 11.3. The molecule has 2 N–H and O–H groups in total. The zero-order valence-corrected chi connectivity index (χ0v) is 18.8. The molecule has 1 aliphatic heterocycles. The maximum absolute atomic E-state index is 12.0. The number of amides is 3. The predicted molar refractivity (Wildman–Crippen MR) is 95.0 cm³/mol. The van der Waals surface area contributed by atoms with Gasteiger partial charge >= 0.3 is 0 Å². The van der Waals surface area contributed by atoms with Gasteiger partial charge in [-0.05, 0) is 13.3 Å². The molecule has 0 saturated carbocycles. The van der Waals surface area contributed by atoms with Crippen molar-refractivity contribution in [2.45, 2.75) is 46.1 Å². The number of piperidine rings is 1. The normalized spacial score (nSPS) is 19.4. The van der Waals surface area contributed by atoms with Gasteiger partial charge in [-0.25, -0.2) is 0 Å². The number of carbonyl (C=O) groups is 3. The molecule has 0 bridgehead atoms. The van der Waals surface area contributed by atoms with Crippen molar-refractivity contribution in [3.05, 3.63) is 36.5 Å². The smallest absolute Gasteiger partial charge is 0.251 e. The Labute approximate surface area is 165 Å². The van der Waals surface area contributed by atoms with E-state index in [9.17, 15) is 14.4 Å². The monoisotopic (exact) mass is 521 g/mol. The second-order valence-electron chi connectivity index (χ2n) is 4.82. The van der Waals surface area contributed by atoms with Crippen LogP contribution in [0.2, 0.25) is 0 Å². The van der Waals surface area contributed by atoms with Crippen LogP contribution in [-0.2, 0) is 40.2 Å². The fourth-order valence-corrected chi connectivity index (χ4v) is 1.70. The van der Waals surface area contributed by atoms with Crippen LogP contribution in [0.25, 0.3) is 0 Å². The predicted octanol–water partition coefficient (Wildman–Crippen LogP) is 2.08. The molecule has 142 valence electrons. The van der Waals surface area contributed by atoms with Crippen LogP contribution >= 0.6 is 0 Å². The fourth-order valence-electron chi connectivity index (χ4n) is 1.70. The average Bonchev–Trinajstić information content (AvgIpc) is 2.54. The van der Waals surface area contributed by atoms with Gasteiger partial charge in [-0.3, -0.25) is 14.9 Å². The molecule has 25 heavy (non-hydrogen) atoms. The molecule has 0 aliphatic carbocycles. The number of allylic oxidation sites excluding steroid dienone is 3. The van der Waals surface area contributed by atoms with Crippen LogP contribution in [0.3, 0.4) is 0 Å². The number of carbonyl (C=O) groups excluding carboxylic acids is 3. The zero-order chi connectivity index (χ0) is 19.2. The topological polar surface area (TPSA) is 84.5 Å². The molecule has 0 aromatic carbocycles. The van der Waals surface area contributed by atoms with E-state index in [4.69, 9.17) is 0 Å². The number of hydrogen-bond acceptors (Lipinski definition) is 4. The number of ether oxygens (including phenoxy) is 1. The fraction of sp³-hybridized carbons (Fsp3) is 0.500. The summed E-state index contributed by atoms with van der Waals surface area (Å²) < 4.78 is 4.25. The molecule has 1 atom stereocenters. The average molecular weight is 521 g/mol. The zero-order valence-electron chi connectivity index (χ0n) is 15.9. The van der Waals surface area contributed by atoms with Gasteiger partial charge in [0.1, 0.15) is 11.4 Å². The quantitative estimate of drug-likeness (QED) is 0.257.